The highest BCUT2D eigenvalue weighted by Crippen LogP contribution is 2.18. The lowest BCUT2D eigenvalue weighted by Gasteiger charge is -2.24. The molecule has 1 aliphatic rings. The normalized spacial score (nSPS) is 19.8. The summed E-state index contributed by atoms with van der Waals surface area (Å²) in [5.74, 6) is 0.453. The van der Waals surface area contributed by atoms with Crippen LogP contribution >= 0.6 is 0 Å². The van der Waals surface area contributed by atoms with Crippen LogP contribution in [0.2, 0.25) is 0 Å². The standard InChI is InChI=1S/C13H19FN2O2/c1-17-13-3-2-11(14)6-10(13)7-16-9-12-8-15-4-5-18-12/h2-3,6,12,15-16H,4-5,7-9H2,1H3. The van der Waals surface area contributed by atoms with Gasteiger partial charge in [-0.1, -0.05) is 0 Å². The van der Waals surface area contributed by atoms with Crippen LogP contribution < -0.4 is 15.4 Å². The fourth-order valence-electron chi connectivity index (χ4n) is 2.00. The molecule has 100 valence electrons. The zero-order valence-electron chi connectivity index (χ0n) is 10.5. The minimum absolute atomic E-state index is 0.179. The van der Waals surface area contributed by atoms with Gasteiger partial charge in [0.05, 0.1) is 19.8 Å². The SMILES string of the molecule is COc1ccc(F)cc1CNCC1CNCCO1. The zero-order valence-corrected chi connectivity index (χ0v) is 10.5. The van der Waals surface area contributed by atoms with E-state index in [1.807, 2.05) is 0 Å². The lowest BCUT2D eigenvalue weighted by molar-refractivity contribution is 0.0290. The number of rotatable bonds is 5. The first kappa shape index (κ1) is 13.3. The summed E-state index contributed by atoms with van der Waals surface area (Å²) in [5, 5.41) is 6.53. The first-order valence-electron chi connectivity index (χ1n) is 6.15. The van der Waals surface area contributed by atoms with Crippen molar-refractivity contribution in [1.29, 1.82) is 0 Å². The van der Waals surface area contributed by atoms with E-state index < -0.39 is 0 Å². The van der Waals surface area contributed by atoms with Gasteiger partial charge >= 0.3 is 0 Å². The third-order valence-electron chi connectivity index (χ3n) is 2.93. The van der Waals surface area contributed by atoms with Crippen molar-refractivity contribution in [3.8, 4) is 5.75 Å². The molecule has 4 nitrogen and oxygen atoms in total. The van der Waals surface area contributed by atoms with Crippen LogP contribution in [0.25, 0.3) is 0 Å². The summed E-state index contributed by atoms with van der Waals surface area (Å²) >= 11 is 0. The minimum atomic E-state index is -0.247. The Balaban J connectivity index is 1.83. The Labute approximate surface area is 106 Å². The molecule has 18 heavy (non-hydrogen) atoms. The molecule has 0 aliphatic carbocycles. The molecule has 1 unspecified atom stereocenters. The molecule has 0 radical (unpaired) electrons. The van der Waals surface area contributed by atoms with E-state index in [1.54, 1.807) is 13.2 Å². The number of halogens is 1. The van der Waals surface area contributed by atoms with E-state index in [1.165, 1.54) is 12.1 Å². The maximum absolute atomic E-state index is 13.1. The smallest absolute Gasteiger partial charge is 0.123 e. The van der Waals surface area contributed by atoms with Gasteiger partial charge in [0.15, 0.2) is 0 Å². The van der Waals surface area contributed by atoms with Gasteiger partial charge in [-0.15, -0.1) is 0 Å². The largest absolute Gasteiger partial charge is 0.496 e. The molecule has 5 heteroatoms. The van der Waals surface area contributed by atoms with Crippen molar-refractivity contribution in [2.24, 2.45) is 0 Å². The van der Waals surface area contributed by atoms with Crippen molar-refractivity contribution in [2.75, 3.05) is 33.4 Å². The Bertz CT molecular complexity index is 381. The summed E-state index contributed by atoms with van der Waals surface area (Å²) in [6, 6.07) is 4.54. The predicted molar refractivity (Wildman–Crippen MR) is 67.3 cm³/mol. The van der Waals surface area contributed by atoms with Crippen molar-refractivity contribution < 1.29 is 13.9 Å². The van der Waals surface area contributed by atoms with Crippen LogP contribution in [0.1, 0.15) is 5.56 Å². The van der Waals surface area contributed by atoms with Crippen LogP contribution in [-0.4, -0.2) is 39.5 Å². The molecule has 1 saturated heterocycles. The third-order valence-corrected chi connectivity index (χ3v) is 2.93. The van der Waals surface area contributed by atoms with Gasteiger partial charge in [-0.3, -0.25) is 0 Å². The average molecular weight is 254 g/mol. The Kier molecular flexibility index (Phi) is 4.92. The summed E-state index contributed by atoms with van der Waals surface area (Å²) in [4.78, 5) is 0. The Morgan fingerprint density at radius 2 is 2.44 bits per heavy atom. The van der Waals surface area contributed by atoms with Crippen LogP contribution in [0.15, 0.2) is 18.2 Å². The van der Waals surface area contributed by atoms with Gasteiger partial charge in [0.1, 0.15) is 11.6 Å². The van der Waals surface area contributed by atoms with Gasteiger partial charge < -0.3 is 20.1 Å². The summed E-state index contributed by atoms with van der Waals surface area (Å²) in [6.07, 6.45) is 0.179. The number of benzene rings is 1. The molecule has 1 aliphatic heterocycles. The van der Waals surface area contributed by atoms with Gasteiger partial charge in [0.25, 0.3) is 0 Å². The van der Waals surface area contributed by atoms with Crippen molar-refractivity contribution in [2.45, 2.75) is 12.6 Å². The molecule has 2 N–H and O–H groups in total. The van der Waals surface area contributed by atoms with Crippen molar-refractivity contribution in [3.05, 3.63) is 29.6 Å². The number of hydrogen-bond donors (Lipinski definition) is 2. The molecular formula is C13H19FN2O2. The number of morpholine rings is 1. The topological polar surface area (TPSA) is 42.5 Å². The number of nitrogens with one attached hydrogen (secondary N) is 2. The molecular weight excluding hydrogens is 235 g/mol. The van der Waals surface area contributed by atoms with E-state index in [0.717, 1.165) is 31.8 Å². The molecule has 0 bridgehead atoms. The van der Waals surface area contributed by atoms with Gasteiger partial charge in [0.2, 0.25) is 0 Å². The number of methoxy groups -OCH3 is 1. The fourth-order valence-corrected chi connectivity index (χ4v) is 2.00. The number of ether oxygens (including phenoxy) is 2. The predicted octanol–water partition coefficient (Wildman–Crippen LogP) is 0.912. The molecule has 0 spiro atoms. The molecule has 0 saturated carbocycles. The highest BCUT2D eigenvalue weighted by Gasteiger charge is 2.13. The molecule has 1 atom stereocenters. The highest BCUT2D eigenvalue weighted by molar-refractivity contribution is 5.33. The van der Waals surface area contributed by atoms with Crippen LogP contribution in [-0.2, 0) is 11.3 Å². The molecule has 1 heterocycles. The van der Waals surface area contributed by atoms with E-state index in [4.69, 9.17) is 9.47 Å². The lowest BCUT2D eigenvalue weighted by atomic mass is 10.2. The second-order valence-electron chi connectivity index (χ2n) is 4.28. The summed E-state index contributed by atoms with van der Waals surface area (Å²) < 4.78 is 23.9. The van der Waals surface area contributed by atoms with Gasteiger partial charge in [-0.05, 0) is 18.2 Å². The van der Waals surface area contributed by atoms with Gasteiger partial charge in [0, 0.05) is 31.7 Å². The van der Waals surface area contributed by atoms with Crippen molar-refractivity contribution >= 4 is 0 Å². The minimum Gasteiger partial charge on any atom is -0.496 e. The quantitative estimate of drug-likeness (QED) is 0.820. The Hall–Kier alpha value is -1.17. The van der Waals surface area contributed by atoms with Crippen molar-refractivity contribution in [1.82, 2.24) is 10.6 Å². The second-order valence-corrected chi connectivity index (χ2v) is 4.28. The number of hydrogen-bond acceptors (Lipinski definition) is 4. The molecule has 1 fully saturated rings. The fraction of sp³-hybridized carbons (Fsp3) is 0.538. The van der Waals surface area contributed by atoms with E-state index in [9.17, 15) is 4.39 Å². The zero-order chi connectivity index (χ0) is 12.8. The van der Waals surface area contributed by atoms with E-state index in [2.05, 4.69) is 10.6 Å². The third kappa shape index (κ3) is 3.66. The Morgan fingerprint density at radius 3 is 3.17 bits per heavy atom. The van der Waals surface area contributed by atoms with Crippen LogP contribution in [0.4, 0.5) is 4.39 Å². The summed E-state index contributed by atoms with van der Waals surface area (Å²) in [7, 11) is 1.59. The van der Waals surface area contributed by atoms with Crippen LogP contribution in [0.3, 0.4) is 0 Å². The van der Waals surface area contributed by atoms with Gasteiger partial charge in [-0.2, -0.15) is 0 Å². The summed E-state index contributed by atoms with van der Waals surface area (Å²) in [6.45, 7) is 3.82. The lowest BCUT2D eigenvalue weighted by Crippen LogP contribution is -2.43. The van der Waals surface area contributed by atoms with Crippen LogP contribution in [0, 0.1) is 5.82 Å². The first-order valence-corrected chi connectivity index (χ1v) is 6.15. The molecule has 2 rings (SSSR count). The highest BCUT2D eigenvalue weighted by atomic mass is 19.1. The van der Waals surface area contributed by atoms with E-state index in [0.29, 0.717) is 12.3 Å². The maximum atomic E-state index is 13.1. The molecule has 0 aromatic heterocycles. The summed E-state index contributed by atoms with van der Waals surface area (Å²) in [5.41, 5.74) is 0.821. The second kappa shape index (κ2) is 6.68. The first-order chi connectivity index (χ1) is 8.79. The Morgan fingerprint density at radius 1 is 1.56 bits per heavy atom. The molecule has 0 amide bonds. The van der Waals surface area contributed by atoms with Gasteiger partial charge in [-0.25, -0.2) is 4.39 Å². The molecule has 1 aromatic rings. The van der Waals surface area contributed by atoms with Crippen molar-refractivity contribution in [3.63, 3.8) is 0 Å². The maximum Gasteiger partial charge on any atom is 0.123 e. The monoisotopic (exact) mass is 254 g/mol. The van der Waals surface area contributed by atoms with E-state index in [-0.39, 0.29) is 11.9 Å². The molecule has 1 aromatic carbocycles. The van der Waals surface area contributed by atoms with E-state index >= 15 is 0 Å². The van der Waals surface area contributed by atoms with Crippen LogP contribution in [0.5, 0.6) is 5.75 Å². The average Bonchev–Trinajstić information content (AvgIpc) is 2.40.